The van der Waals surface area contributed by atoms with Gasteiger partial charge in [-0.3, -0.25) is 0 Å². The van der Waals surface area contributed by atoms with Crippen LogP contribution in [0.15, 0.2) is 36.4 Å². The quantitative estimate of drug-likeness (QED) is 0.863. The largest absolute Gasteiger partial charge is 0.478 e. The number of hydrogen-bond donors (Lipinski definition) is 1. The molecule has 1 N–H and O–H groups in total. The molecule has 0 spiro atoms. The van der Waals surface area contributed by atoms with Crippen molar-refractivity contribution in [2.45, 2.75) is 26.8 Å². The SMILES string of the molecule is CCCOc1cc(NCc2ccccc2)nc(C)n1. The van der Waals surface area contributed by atoms with Gasteiger partial charge < -0.3 is 10.1 Å². The third-order valence-electron chi connectivity index (χ3n) is 2.58. The third kappa shape index (κ3) is 4.25. The Morgan fingerprint density at radius 3 is 2.68 bits per heavy atom. The molecule has 4 heteroatoms. The van der Waals surface area contributed by atoms with E-state index in [1.54, 1.807) is 0 Å². The Hall–Kier alpha value is -2.10. The molecule has 0 bridgehead atoms. The molecule has 100 valence electrons. The lowest BCUT2D eigenvalue weighted by Gasteiger charge is -2.09. The number of nitrogens with one attached hydrogen (secondary N) is 1. The van der Waals surface area contributed by atoms with E-state index in [1.165, 1.54) is 5.56 Å². The zero-order chi connectivity index (χ0) is 13.5. The summed E-state index contributed by atoms with van der Waals surface area (Å²) in [6, 6.07) is 12.1. The highest BCUT2D eigenvalue weighted by Crippen LogP contribution is 2.14. The van der Waals surface area contributed by atoms with Gasteiger partial charge in [0.15, 0.2) is 0 Å². The van der Waals surface area contributed by atoms with Crippen LogP contribution in [-0.2, 0) is 6.54 Å². The fourth-order valence-corrected chi connectivity index (χ4v) is 1.70. The molecule has 2 aromatic rings. The van der Waals surface area contributed by atoms with Gasteiger partial charge in [0.1, 0.15) is 11.6 Å². The molecule has 1 heterocycles. The second-order valence-electron chi connectivity index (χ2n) is 4.33. The molecule has 2 rings (SSSR count). The molecule has 0 aliphatic rings. The molecular weight excluding hydrogens is 238 g/mol. The van der Waals surface area contributed by atoms with Crippen molar-refractivity contribution in [3.63, 3.8) is 0 Å². The zero-order valence-corrected chi connectivity index (χ0v) is 11.4. The average Bonchev–Trinajstić information content (AvgIpc) is 2.43. The van der Waals surface area contributed by atoms with Crippen LogP contribution >= 0.6 is 0 Å². The number of aromatic nitrogens is 2. The van der Waals surface area contributed by atoms with Crippen LogP contribution in [0.4, 0.5) is 5.82 Å². The van der Waals surface area contributed by atoms with E-state index in [9.17, 15) is 0 Å². The van der Waals surface area contributed by atoms with Crippen LogP contribution in [0, 0.1) is 6.92 Å². The second kappa shape index (κ2) is 6.73. The number of nitrogens with zero attached hydrogens (tertiary/aromatic N) is 2. The fraction of sp³-hybridized carbons (Fsp3) is 0.333. The molecule has 0 aliphatic heterocycles. The predicted octanol–water partition coefficient (Wildman–Crippen LogP) is 3.19. The normalized spacial score (nSPS) is 10.2. The maximum Gasteiger partial charge on any atom is 0.218 e. The maximum absolute atomic E-state index is 5.54. The smallest absolute Gasteiger partial charge is 0.218 e. The van der Waals surface area contributed by atoms with Crippen molar-refractivity contribution < 1.29 is 4.74 Å². The lowest BCUT2D eigenvalue weighted by atomic mass is 10.2. The monoisotopic (exact) mass is 257 g/mol. The molecule has 19 heavy (non-hydrogen) atoms. The summed E-state index contributed by atoms with van der Waals surface area (Å²) >= 11 is 0. The van der Waals surface area contributed by atoms with Gasteiger partial charge in [0, 0.05) is 12.6 Å². The Morgan fingerprint density at radius 2 is 1.95 bits per heavy atom. The molecule has 4 nitrogen and oxygen atoms in total. The topological polar surface area (TPSA) is 47.0 Å². The van der Waals surface area contributed by atoms with Gasteiger partial charge >= 0.3 is 0 Å². The van der Waals surface area contributed by atoms with Gasteiger partial charge in [-0.15, -0.1) is 0 Å². The Labute approximate surface area is 113 Å². The van der Waals surface area contributed by atoms with Gasteiger partial charge in [-0.2, -0.15) is 4.98 Å². The van der Waals surface area contributed by atoms with Gasteiger partial charge in [0.25, 0.3) is 0 Å². The highest BCUT2D eigenvalue weighted by molar-refractivity contribution is 5.39. The molecule has 0 saturated heterocycles. The number of anilines is 1. The summed E-state index contributed by atoms with van der Waals surface area (Å²) in [7, 11) is 0. The molecule has 0 amide bonds. The van der Waals surface area contributed by atoms with Crippen LogP contribution < -0.4 is 10.1 Å². The minimum Gasteiger partial charge on any atom is -0.478 e. The minimum atomic E-state index is 0.630. The van der Waals surface area contributed by atoms with E-state index in [2.05, 4.69) is 34.3 Å². The maximum atomic E-state index is 5.54. The summed E-state index contributed by atoms with van der Waals surface area (Å²) < 4.78 is 5.54. The summed E-state index contributed by atoms with van der Waals surface area (Å²) in [6.07, 6.45) is 0.968. The molecular formula is C15H19N3O. The van der Waals surface area contributed by atoms with Crippen LogP contribution in [0.2, 0.25) is 0 Å². The number of aryl methyl sites for hydroxylation is 1. The van der Waals surface area contributed by atoms with Crippen LogP contribution in [0.25, 0.3) is 0 Å². The van der Waals surface area contributed by atoms with Crippen molar-refractivity contribution in [3.8, 4) is 5.88 Å². The second-order valence-corrected chi connectivity index (χ2v) is 4.33. The zero-order valence-electron chi connectivity index (χ0n) is 11.4. The molecule has 0 atom stereocenters. The third-order valence-corrected chi connectivity index (χ3v) is 2.58. The highest BCUT2D eigenvalue weighted by Gasteiger charge is 2.02. The molecule has 0 saturated carbocycles. The van der Waals surface area contributed by atoms with Gasteiger partial charge in [0.05, 0.1) is 6.61 Å². The van der Waals surface area contributed by atoms with Crippen molar-refractivity contribution in [2.24, 2.45) is 0 Å². The van der Waals surface area contributed by atoms with Crippen LogP contribution in [0.5, 0.6) is 5.88 Å². The van der Waals surface area contributed by atoms with Crippen molar-refractivity contribution in [1.29, 1.82) is 0 Å². The Morgan fingerprint density at radius 1 is 1.16 bits per heavy atom. The Balaban J connectivity index is 2.01. The van der Waals surface area contributed by atoms with Crippen LogP contribution in [-0.4, -0.2) is 16.6 Å². The first-order valence-electron chi connectivity index (χ1n) is 6.54. The van der Waals surface area contributed by atoms with Gasteiger partial charge in [-0.1, -0.05) is 37.3 Å². The van der Waals surface area contributed by atoms with Gasteiger partial charge in [-0.05, 0) is 18.9 Å². The standard InChI is InChI=1S/C15H19N3O/c1-3-9-19-15-10-14(17-12(2)18-15)16-11-13-7-5-4-6-8-13/h4-8,10H,3,9,11H2,1-2H3,(H,16,17,18). The fourth-order valence-electron chi connectivity index (χ4n) is 1.70. The highest BCUT2D eigenvalue weighted by atomic mass is 16.5. The van der Waals surface area contributed by atoms with E-state index in [0.717, 1.165) is 18.8 Å². The number of rotatable bonds is 6. The van der Waals surface area contributed by atoms with E-state index in [1.807, 2.05) is 31.2 Å². The van der Waals surface area contributed by atoms with Gasteiger partial charge in [-0.25, -0.2) is 4.98 Å². The molecule has 0 fully saturated rings. The summed E-state index contributed by atoms with van der Waals surface area (Å²) in [6.45, 7) is 5.36. The number of benzene rings is 1. The van der Waals surface area contributed by atoms with Crippen LogP contribution in [0.3, 0.4) is 0 Å². The first-order chi connectivity index (χ1) is 9.28. The van der Waals surface area contributed by atoms with E-state index >= 15 is 0 Å². The first-order valence-corrected chi connectivity index (χ1v) is 6.54. The Kier molecular flexibility index (Phi) is 4.72. The van der Waals surface area contributed by atoms with E-state index in [4.69, 9.17) is 4.74 Å². The number of ether oxygens (including phenoxy) is 1. The van der Waals surface area contributed by atoms with Crippen molar-refractivity contribution >= 4 is 5.82 Å². The van der Waals surface area contributed by atoms with E-state index in [0.29, 0.717) is 18.3 Å². The first kappa shape index (κ1) is 13.3. The lowest BCUT2D eigenvalue weighted by Crippen LogP contribution is -2.05. The predicted molar refractivity (Wildman–Crippen MR) is 76.3 cm³/mol. The van der Waals surface area contributed by atoms with Crippen molar-refractivity contribution in [2.75, 3.05) is 11.9 Å². The summed E-state index contributed by atoms with van der Waals surface area (Å²) in [5, 5.41) is 3.29. The molecule has 0 unspecified atom stereocenters. The summed E-state index contributed by atoms with van der Waals surface area (Å²) in [5.74, 6) is 2.14. The van der Waals surface area contributed by atoms with Crippen LogP contribution in [0.1, 0.15) is 24.7 Å². The van der Waals surface area contributed by atoms with E-state index in [-0.39, 0.29) is 0 Å². The molecule has 0 aliphatic carbocycles. The molecule has 1 aromatic heterocycles. The van der Waals surface area contributed by atoms with Crippen molar-refractivity contribution in [3.05, 3.63) is 47.8 Å². The molecule has 0 radical (unpaired) electrons. The van der Waals surface area contributed by atoms with Gasteiger partial charge in [0.2, 0.25) is 5.88 Å². The summed E-state index contributed by atoms with van der Waals surface area (Å²) in [4.78, 5) is 8.61. The van der Waals surface area contributed by atoms with Crippen molar-refractivity contribution in [1.82, 2.24) is 9.97 Å². The summed E-state index contributed by atoms with van der Waals surface area (Å²) in [5.41, 5.74) is 1.22. The average molecular weight is 257 g/mol. The number of hydrogen-bond acceptors (Lipinski definition) is 4. The Bertz CT molecular complexity index is 514. The molecule has 1 aromatic carbocycles. The minimum absolute atomic E-state index is 0.630. The lowest BCUT2D eigenvalue weighted by molar-refractivity contribution is 0.304. The van der Waals surface area contributed by atoms with E-state index < -0.39 is 0 Å².